The lowest BCUT2D eigenvalue weighted by Gasteiger charge is -2.05. The fraction of sp³-hybridized carbons (Fsp3) is 0.0476. The second kappa shape index (κ2) is 9.09. The van der Waals surface area contributed by atoms with Crippen molar-refractivity contribution in [3.05, 3.63) is 106 Å². The Balaban J connectivity index is 1.52. The molecule has 0 atom stereocenters. The smallest absolute Gasteiger partial charge is 0.343 e. The quantitative estimate of drug-likeness (QED) is 0.201. The first-order valence-corrected chi connectivity index (χ1v) is 8.38. The number of para-hydroxylation sites is 1. The number of carbonyl (C=O) groups excluding carboxylic acids is 1. The fourth-order valence-corrected chi connectivity index (χ4v) is 2.32. The van der Waals surface area contributed by atoms with Gasteiger partial charge in [-0.2, -0.15) is 0 Å². The molecular formula is C21H16N2O5. The molecule has 28 heavy (non-hydrogen) atoms. The Morgan fingerprint density at radius 3 is 2.46 bits per heavy atom. The fourth-order valence-electron chi connectivity index (χ4n) is 2.32. The van der Waals surface area contributed by atoms with Gasteiger partial charge in [-0.3, -0.25) is 10.1 Å². The van der Waals surface area contributed by atoms with Crippen LogP contribution in [0.3, 0.4) is 0 Å². The maximum absolute atomic E-state index is 12.1. The van der Waals surface area contributed by atoms with Crippen LogP contribution in [-0.4, -0.2) is 17.1 Å². The summed E-state index contributed by atoms with van der Waals surface area (Å²) in [6.45, 7) is 0.194. The van der Waals surface area contributed by atoms with Crippen LogP contribution < -0.4 is 4.74 Å². The van der Waals surface area contributed by atoms with Crippen LogP contribution in [0.15, 0.2) is 84.0 Å². The number of oxime groups is 1. The van der Waals surface area contributed by atoms with Gasteiger partial charge in [-0.1, -0.05) is 47.6 Å². The first kappa shape index (κ1) is 18.8. The van der Waals surface area contributed by atoms with Crippen molar-refractivity contribution in [3.8, 4) is 5.75 Å². The van der Waals surface area contributed by atoms with E-state index in [4.69, 9.17) is 9.57 Å². The molecule has 0 spiro atoms. The molecule has 0 heterocycles. The molecule has 3 rings (SSSR count). The zero-order chi connectivity index (χ0) is 19.8. The van der Waals surface area contributed by atoms with Gasteiger partial charge in [-0.05, 0) is 29.8 Å². The minimum atomic E-state index is -0.470. The molecule has 3 aromatic carbocycles. The molecule has 0 aliphatic heterocycles. The summed E-state index contributed by atoms with van der Waals surface area (Å²) in [5, 5.41) is 14.6. The number of hydrogen-bond acceptors (Lipinski definition) is 6. The topological polar surface area (TPSA) is 91.0 Å². The predicted molar refractivity (Wildman–Crippen MR) is 103 cm³/mol. The molecule has 0 saturated carbocycles. The Morgan fingerprint density at radius 1 is 1.00 bits per heavy atom. The zero-order valence-corrected chi connectivity index (χ0v) is 14.7. The van der Waals surface area contributed by atoms with E-state index in [0.29, 0.717) is 16.9 Å². The highest BCUT2D eigenvalue weighted by molar-refractivity contribution is 5.91. The van der Waals surface area contributed by atoms with Crippen LogP contribution in [0.1, 0.15) is 21.5 Å². The molecule has 7 nitrogen and oxygen atoms in total. The first-order valence-electron chi connectivity index (χ1n) is 8.38. The average Bonchev–Trinajstić information content (AvgIpc) is 2.72. The Morgan fingerprint density at radius 2 is 1.75 bits per heavy atom. The third-order valence-electron chi connectivity index (χ3n) is 3.73. The molecule has 0 unspecified atom stereocenters. The Bertz CT molecular complexity index is 985. The van der Waals surface area contributed by atoms with Crippen molar-refractivity contribution in [1.82, 2.24) is 0 Å². The summed E-state index contributed by atoms with van der Waals surface area (Å²) in [6, 6.07) is 21.7. The van der Waals surface area contributed by atoms with E-state index in [9.17, 15) is 14.9 Å². The van der Waals surface area contributed by atoms with Crippen molar-refractivity contribution >= 4 is 17.9 Å². The van der Waals surface area contributed by atoms with Crippen molar-refractivity contribution in [2.45, 2.75) is 6.61 Å². The zero-order valence-electron chi connectivity index (χ0n) is 14.7. The van der Waals surface area contributed by atoms with Crippen LogP contribution in [0.2, 0.25) is 0 Å². The van der Waals surface area contributed by atoms with Gasteiger partial charge in [0.15, 0.2) is 0 Å². The normalized spacial score (nSPS) is 10.6. The molecule has 0 bridgehead atoms. The van der Waals surface area contributed by atoms with E-state index < -0.39 is 10.9 Å². The predicted octanol–water partition coefficient (Wildman–Crippen LogP) is 4.36. The minimum absolute atomic E-state index is 0.0121. The third kappa shape index (κ3) is 5.25. The number of rotatable bonds is 7. The third-order valence-corrected chi connectivity index (χ3v) is 3.73. The monoisotopic (exact) mass is 376 g/mol. The van der Waals surface area contributed by atoms with Gasteiger partial charge in [-0.25, -0.2) is 4.79 Å². The number of esters is 1. The van der Waals surface area contributed by atoms with Crippen LogP contribution in [0.25, 0.3) is 0 Å². The van der Waals surface area contributed by atoms with Gasteiger partial charge in [0, 0.05) is 17.7 Å². The average molecular weight is 376 g/mol. The van der Waals surface area contributed by atoms with Gasteiger partial charge in [0.1, 0.15) is 12.4 Å². The van der Waals surface area contributed by atoms with Crippen molar-refractivity contribution < 1.29 is 19.3 Å². The summed E-state index contributed by atoms with van der Waals surface area (Å²) in [6.07, 6.45) is 1.40. The van der Waals surface area contributed by atoms with E-state index in [1.54, 1.807) is 60.7 Å². The Labute approximate surface area is 161 Å². The van der Waals surface area contributed by atoms with Crippen molar-refractivity contribution in [2.75, 3.05) is 0 Å². The van der Waals surface area contributed by atoms with E-state index in [0.717, 1.165) is 5.56 Å². The lowest BCUT2D eigenvalue weighted by Crippen LogP contribution is -2.08. The minimum Gasteiger partial charge on any atom is -0.423 e. The molecule has 0 radical (unpaired) electrons. The van der Waals surface area contributed by atoms with Crippen LogP contribution >= 0.6 is 0 Å². The van der Waals surface area contributed by atoms with Gasteiger partial charge in [0.25, 0.3) is 5.69 Å². The highest BCUT2D eigenvalue weighted by atomic mass is 16.6. The lowest BCUT2D eigenvalue weighted by molar-refractivity contribution is -0.384. The standard InChI is InChI=1S/C21H16N2O5/c24-21(28-20-7-2-1-3-8-20)18-11-9-16(10-12-18)15-27-22-14-17-5-4-6-19(13-17)23(25)26/h1-14H,15H2/b22-14+. The van der Waals surface area contributed by atoms with Gasteiger partial charge in [-0.15, -0.1) is 0 Å². The lowest BCUT2D eigenvalue weighted by atomic mass is 10.1. The summed E-state index contributed by atoms with van der Waals surface area (Å²) < 4.78 is 5.27. The van der Waals surface area contributed by atoms with Crippen LogP contribution in [0, 0.1) is 10.1 Å². The van der Waals surface area contributed by atoms with Crippen molar-refractivity contribution in [3.63, 3.8) is 0 Å². The number of nitrogens with zero attached hydrogens (tertiary/aromatic N) is 2. The van der Waals surface area contributed by atoms with E-state index in [1.165, 1.54) is 18.3 Å². The maximum Gasteiger partial charge on any atom is 0.343 e. The molecule has 0 aliphatic carbocycles. The van der Waals surface area contributed by atoms with Gasteiger partial charge < -0.3 is 9.57 Å². The summed E-state index contributed by atoms with van der Waals surface area (Å²) in [5.41, 5.74) is 1.79. The summed E-state index contributed by atoms with van der Waals surface area (Å²) in [7, 11) is 0. The SMILES string of the molecule is O=C(Oc1ccccc1)c1ccc(CO/N=C/c2cccc([N+](=O)[O-])c2)cc1. The number of nitro groups is 1. The van der Waals surface area contributed by atoms with Gasteiger partial charge in [0.2, 0.25) is 0 Å². The molecule has 7 heteroatoms. The van der Waals surface area contributed by atoms with E-state index in [1.807, 2.05) is 6.07 Å². The van der Waals surface area contributed by atoms with Crippen LogP contribution in [0.4, 0.5) is 5.69 Å². The summed E-state index contributed by atoms with van der Waals surface area (Å²) >= 11 is 0. The second-order valence-corrected chi connectivity index (χ2v) is 5.76. The molecule has 0 aliphatic rings. The van der Waals surface area contributed by atoms with Crippen LogP contribution in [-0.2, 0) is 11.4 Å². The number of hydrogen-bond donors (Lipinski definition) is 0. The first-order chi connectivity index (χ1) is 13.6. The maximum atomic E-state index is 12.1. The number of carbonyl (C=O) groups is 1. The largest absolute Gasteiger partial charge is 0.423 e. The van der Waals surface area contributed by atoms with Crippen LogP contribution in [0.5, 0.6) is 5.75 Å². The molecule has 0 saturated heterocycles. The molecule has 0 amide bonds. The molecule has 0 aromatic heterocycles. The number of nitro benzene ring substituents is 1. The molecule has 0 N–H and O–H groups in total. The van der Waals surface area contributed by atoms with Gasteiger partial charge >= 0.3 is 5.97 Å². The summed E-state index contributed by atoms with van der Waals surface area (Å²) in [5.74, 6) is 0.0396. The number of benzene rings is 3. The van der Waals surface area contributed by atoms with Crippen molar-refractivity contribution in [1.29, 1.82) is 0 Å². The van der Waals surface area contributed by atoms with Gasteiger partial charge in [0.05, 0.1) is 16.7 Å². The molecule has 140 valence electrons. The number of non-ortho nitro benzene ring substituents is 1. The highest BCUT2D eigenvalue weighted by Gasteiger charge is 2.08. The molecule has 3 aromatic rings. The summed E-state index contributed by atoms with van der Waals surface area (Å²) in [4.78, 5) is 27.6. The molecule has 0 fully saturated rings. The molecular weight excluding hydrogens is 360 g/mol. The highest BCUT2D eigenvalue weighted by Crippen LogP contribution is 2.14. The van der Waals surface area contributed by atoms with E-state index in [2.05, 4.69) is 5.16 Å². The van der Waals surface area contributed by atoms with E-state index in [-0.39, 0.29) is 12.3 Å². The van der Waals surface area contributed by atoms with Crippen molar-refractivity contribution in [2.24, 2.45) is 5.16 Å². The Hall–Kier alpha value is -4.00. The van der Waals surface area contributed by atoms with E-state index >= 15 is 0 Å². The number of ether oxygens (including phenoxy) is 1. The Kier molecular flexibility index (Phi) is 6.10. The second-order valence-electron chi connectivity index (χ2n) is 5.76.